The monoisotopic (exact) mass is 189 g/mol. The molecule has 0 unspecified atom stereocenters. The van der Waals surface area contributed by atoms with Gasteiger partial charge in [-0.15, -0.1) is 18.3 Å². The largest absolute Gasteiger partial charge is 0.479 e. The molecule has 0 heterocycles. The molecule has 0 aliphatic rings. The third kappa shape index (κ3) is 3.28. The molecule has 4 heteroatoms. The zero-order valence-electron chi connectivity index (χ0n) is 7.25. The van der Waals surface area contributed by atoms with Crippen LogP contribution in [0.15, 0.2) is 12.7 Å². The molecular weight excluding hydrogens is 174 g/mol. The first kappa shape index (κ1) is 11.5. The van der Waals surface area contributed by atoms with Crippen LogP contribution in [0, 0.1) is 0 Å². The molecule has 0 aliphatic heterocycles. The highest BCUT2D eigenvalue weighted by atomic mass is 32.2. The Hall–Kier alpha value is -0.480. The quantitative estimate of drug-likeness (QED) is 0.490. The number of hydrogen-bond donors (Lipinski definition) is 2. The molecule has 1 atom stereocenters. The zero-order chi connectivity index (χ0) is 9.61. The summed E-state index contributed by atoms with van der Waals surface area (Å²) in [7, 11) is 0. The maximum atomic E-state index is 10.7. The molecule has 0 aliphatic carbocycles. The van der Waals surface area contributed by atoms with Crippen LogP contribution in [0.25, 0.3) is 0 Å². The highest BCUT2D eigenvalue weighted by Gasteiger charge is 2.32. The molecule has 0 rings (SSSR count). The van der Waals surface area contributed by atoms with E-state index in [0.717, 1.165) is 12.2 Å². The topological polar surface area (TPSA) is 63.3 Å². The molecule has 0 saturated carbocycles. The van der Waals surface area contributed by atoms with Crippen LogP contribution in [0.1, 0.15) is 19.8 Å². The molecule has 0 amide bonds. The van der Waals surface area contributed by atoms with Crippen molar-refractivity contribution >= 4 is 17.7 Å². The molecule has 12 heavy (non-hydrogen) atoms. The van der Waals surface area contributed by atoms with Crippen molar-refractivity contribution in [2.24, 2.45) is 5.73 Å². The van der Waals surface area contributed by atoms with Gasteiger partial charge in [0.1, 0.15) is 0 Å². The smallest absolute Gasteiger partial charge is 0.334 e. The summed E-state index contributed by atoms with van der Waals surface area (Å²) in [5, 5.41) is 8.80. The summed E-state index contributed by atoms with van der Waals surface area (Å²) in [5.74, 6) is -0.211. The highest BCUT2D eigenvalue weighted by Crippen LogP contribution is 2.24. The predicted octanol–water partition coefficient (Wildman–Crippen LogP) is 1.45. The van der Waals surface area contributed by atoms with Crippen molar-refractivity contribution in [3.8, 4) is 0 Å². The Balaban J connectivity index is 4.17. The van der Waals surface area contributed by atoms with E-state index in [1.54, 1.807) is 0 Å². The highest BCUT2D eigenvalue weighted by molar-refractivity contribution is 8.01. The average molecular weight is 189 g/mol. The van der Waals surface area contributed by atoms with Crippen LogP contribution < -0.4 is 5.73 Å². The maximum absolute atomic E-state index is 10.7. The van der Waals surface area contributed by atoms with Gasteiger partial charge in [0.15, 0.2) is 4.87 Å². The van der Waals surface area contributed by atoms with Gasteiger partial charge in [-0.2, -0.15) is 0 Å². The third-order valence-electron chi connectivity index (χ3n) is 1.37. The van der Waals surface area contributed by atoms with Gasteiger partial charge >= 0.3 is 5.97 Å². The van der Waals surface area contributed by atoms with Crippen LogP contribution in [-0.4, -0.2) is 21.7 Å². The lowest BCUT2D eigenvalue weighted by Crippen LogP contribution is -2.44. The van der Waals surface area contributed by atoms with E-state index in [0.29, 0.717) is 6.42 Å². The number of carbonyl (C=O) groups is 1. The molecule has 0 spiro atoms. The molecule has 0 aromatic heterocycles. The number of aliphatic carboxylic acids is 1. The molecule has 0 aromatic carbocycles. The number of hydrogen-bond acceptors (Lipinski definition) is 3. The van der Waals surface area contributed by atoms with Gasteiger partial charge in [-0.25, -0.2) is 4.79 Å². The van der Waals surface area contributed by atoms with Crippen LogP contribution in [0.4, 0.5) is 0 Å². The molecule has 3 N–H and O–H groups in total. The van der Waals surface area contributed by atoms with Crippen molar-refractivity contribution in [3.05, 3.63) is 12.7 Å². The second-order valence-corrected chi connectivity index (χ2v) is 3.96. The van der Waals surface area contributed by atoms with Crippen molar-refractivity contribution in [1.29, 1.82) is 0 Å². The lowest BCUT2D eigenvalue weighted by molar-refractivity contribution is -0.139. The van der Waals surface area contributed by atoms with Gasteiger partial charge in [0.25, 0.3) is 0 Å². The lowest BCUT2D eigenvalue weighted by atomic mass is 10.2. The minimum Gasteiger partial charge on any atom is -0.479 e. The second kappa shape index (κ2) is 5.22. The number of thioether (sulfide) groups is 1. The maximum Gasteiger partial charge on any atom is 0.334 e. The minimum atomic E-state index is -1.18. The fourth-order valence-corrected chi connectivity index (χ4v) is 1.63. The first-order chi connectivity index (χ1) is 5.56. The number of nitrogens with two attached hydrogens (primary N) is 1. The fourth-order valence-electron chi connectivity index (χ4n) is 0.707. The summed E-state index contributed by atoms with van der Waals surface area (Å²) in [6, 6.07) is 0. The molecule has 70 valence electrons. The van der Waals surface area contributed by atoms with Crippen LogP contribution >= 0.6 is 11.8 Å². The Morgan fingerprint density at radius 2 is 2.42 bits per heavy atom. The average Bonchev–Trinajstić information content (AvgIpc) is 2.01. The zero-order valence-corrected chi connectivity index (χ0v) is 8.06. The van der Waals surface area contributed by atoms with Crippen LogP contribution in [0.2, 0.25) is 0 Å². The molecule has 3 nitrogen and oxygen atoms in total. The van der Waals surface area contributed by atoms with E-state index < -0.39 is 10.8 Å². The first-order valence-electron chi connectivity index (χ1n) is 3.84. The van der Waals surface area contributed by atoms with Gasteiger partial charge in [0.2, 0.25) is 0 Å². The van der Waals surface area contributed by atoms with E-state index in [2.05, 4.69) is 6.58 Å². The third-order valence-corrected chi connectivity index (χ3v) is 2.84. The summed E-state index contributed by atoms with van der Waals surface area (Å²) in [4.78, 5) is 9.54. The van der Waals surface area contributed by atoms with Crippen LogP contribution in [0.5, 0.6) is 0 Å². The summed E-state index contributed by atoms with van der Waals surface area (Å²) < 4.78 is 0. The Labute approximate surface area is 77.0 Å². The molecule has 0 bridgehead atoms. The summed E-state index contributed by atoms with van der Waals surface area (Å²) in [6.07, 6.45) is 2.76. The Bertz CT molecular complexity index is 172. The SMILES string of the molecule is C=CC[C@](N)(SCCC)C(=O)O. The number of carboxylic acids is 1. The van der Waals surface area contributed by atoms with Gasteiger partial charge in [-0.3, -0.25) is 0 Å². The van der Waals surface area contributed by atoms with E-state index in [9.17, 15) is 4.79 Å². The molecule has 0 fully saturated rings. The van der Waals surface area contributed by atoms with E-state index in [1.807, 2.05) is 6.92 Å². The van der Waals surface area contributed by atoms with Crippen molar-refractivity contribution in [1.82, 2.24) is 0 Å². The van der Waals surface area contributed by atoms with Gasteiger partial charge in [-0.1, -0.05) is 13.0 Å². The lowest BCUT2D eigenvalue weighted by Gasteiger charge is -2.21. The Kier molecular flexibility index (Phi) is 5.01. The second-order valence-electron chi connectivity index (χ2n) is 2.54. The van der Waals surface area contributed by atoms with E-state index in [-0.39, 0.29) is 0 Å². The summed E-state index contributed by atoms with van der Waals surface area (Å²) in [5.41, 5.74) is 5.63. The minimum absolute atomic E-state index is 0.299. The summed E-state index contributed by atoms with van der Waals surface area (Å²) in [6.45, 7) is 5.47. The van der Waals surface area contributed by atoms with Gasteiger partial charge in [0, 0.05) is 6.42 Å². The van der Waals surface area contributed by atoms with Crippen molar-refractivity contribution in [2.75, 3.05) is 5.75 Å². The van der Waals surface area contributed by atoms with Crippen LogP contribution in [-0.2, 0) is 4.79 Å². The van der Waals surface area contributed by atoms with Crippen molar-refractivity contribution < 1.29 is 9.90 Å². The van der Waals surface area contributed by atoms with E-state index in [4.69, 9.17) is 10.8 Å². The molecule has 0 aromatic rings. The van der Waals surface area contributed by atoms with Gasteiger partial charge < -0.3 is 10.8 Å². The van der Waals surface area contributed by atoms with Crippen molar-refractivity contribution in [2.45, 2.75) is 24.6 Å². The Morgan fingerprint density at radius 1 is 1.83 bits per heavy atom. The fraction of sp³-hybridized carbons (Fsp3) is 0.625. The van der Waals surface area contributed by atoms with Crippen LogP contribution in [0.3, 0.4) is 0 Å². The number of carboxylic acid groups (broad SMARTS) is 1. The van der Waals surface area contributed by atoms with Crippen molar-refractivity contribution in [3.63, 3.8) is 0 Å². The summed E-state index contributed by atoms with van der Waals surface area (Å²) >= 11 is 1.26. The molecular formula is C8H15NO2S. The number of rotatable bonds is 6. The van der Waals surface area contributed by atoms with E-state index >= 15 is 0 Å². The Morgan fingerprint density at radius 3 is 2.75 bits per heavy atom. The van der Waals surface area contributed by atoms with Gasteiger partial charge in [0.05, 0.1) is 0 Å². The molecule has 0 saturated heterocycles. The molecule has 0 radical (unpaired) electrons. The standard InChI is InChI=1S/C8H15NO2S/c1-3-5-8(9,7(10)11)12-6-4-2/h3H,1,4-6,9H2,2H3,(H,10,11)/t8-/m0/s1. The predicted molar refractivity (Wildman–Crippen MR) is 52.1 cm³/mol. The normalized spacial score (nSPS) is 15.2. The van der Waals surface area contributed by atoms with Gasteiger partial charge in [-0.05, 0) is 12.2 Å². The first-order valence-corrected chi connectivity index (χ1v) is 4.82. The van der Waals surface area contributed by atoms with E-state index in [1.165, 1.54) is 17.8 Å².